The van der Waals surface area contributed by atoms with E-state index in [1.807, 2.05) is 6.08 Å². The number of allylic oxidation sites excluding steroid dienone is 6. The third-order valence-corrected chi connectivity index (χ3v) is 8.13. The van der Waals surface area contributed by atoms with Crippen LogP contribution in [0.15, 0.2) is 54.7 Å². The summed E-state index contributed by atoms with van der Waals surface area (Å²) in [6.45, 7) is 6.26. The monoisotopic (exact) mass is 419 g/mol. The summed E-state index contributed by atoms with van der Waals surface area (Å²) in [6, 6.07) is 9.27. The van der Waals surface area contributed by atoms with E-state index in [2.05, 4.69) is 71.3 Å². The molecule has 0 aromatic heterocycles. The van der Waals surface area contributed by atoms with Crippen molar-refractivity contribution in [3.05, 3.63) is 71.3 Å². The van der Waals surface area contributed by atoms with Crippen LogP contribution in [0.3, 0.4) is 0 Å². The number of nitriles is 1. The topological polar surface area (TPSA) is 23.8 Å². The summed E-state index contributed by atoms with van der Waals surface area (Å²) in [5.74, 6) is 0. The molecule has 0 spiro atoms. The van der Waals surface area contributed by atoms with Crippen LogP contribution in [0, 0.1) is 29.1 Å². The molecular formula is C27H31FNP. The van der Waals surface area contributed by atoms with Gasteiger partial charge in [0, 0.05) is 5.41 Å². The number of hydrogen-bond acceptors (Lipinski definition) is 1. The first-order chi connectivity index (χ1) is 14.3. The van der Waals surface area contributed by atoms with Crippen molar-refractivity contribution in [2.24, 2.45) is 10.8 Å². The van der Waals surface area contributed by atoms with Gasteiger partial charge in [-0.1, -0.05) is 64.4 Å². The molecule has 30 heavy (non-hydrogen) atoms. The lowest BCUT2D eigenvalue weighted by Gasteiger charge is -2.46. The Balaban J connectivity index is 1.71. The number of benzene rings is 1. The molecule has 1 aromatic rings. The molecule has 0 bridgehead atoms. The standard InChI is InChI=1S/C27H31FNP/c1-3-24(26(25(19-29)11-12-25)13-15-27(28,30)16-14-26)18-22-9-10-23(17-20(22)2)21-7-5-4-6-8-21/h3-5,7,9-10,17-18H,1,6,8,11-16,30H2,2H3/b24-18+. The van der Waals surface area contributed by atoms with Crippen LogP contribution >= 0.6 is 9.24 Å². The van der Waals surface area contributed by atoms with Crippen LogP contribution in [0.25, 0.3) is 11.6 Å². The van der Waals surface area contributed by atoms with E-state index in [0.29, 0.717) is 25.7 Å². The molecule has 0 N–H and O–H groups in total. The molecule has 1 unspecified atom stereocenters. The number of aryl methyl sites for hydroxylation is 1. The van der Waals surface area contributed by atoms with Crippen LogP contribution in [0.4, 0.5) is 4.39 Å². The second-order valence-electron chi connectivity index (χ2n) is 9.34. The molecule has 0 radical (unpaired) electrons. The van der Waals surface area contributed by atoms with Gasteiger partial charge >= 0.3 is 0 Å². The van der Waals surface area contributed by atoms with Crippen molar-refractivity contribution >= 4 is 20.9 Å². The van der Waals surface area contributed by atoms with Crippen LogP contribution in [0.5, 0.6) is 0 Å². The van der Waals surface area contributed by atoms with Crippen LogP contribution in [0.2, 0.25) is 0 Å². The molecule has 2 saturated carbocycles. The minimum absolute atomic E-state index is 0.294. The first kappa shape index (κ1) is 21.3. The van der Waals surface area contributed by atoms with Crippen LogP contribution in [0.1, 0.15) is 68.1 Å². The summed E-state index contributed by atoms with van der Waals surface area (Å²) in [6.07, 6.45) is 17.0. The molecule has 1 aromatic carbocycles. The van der Waals surface area contributed by atoms with E-state index in [4.69, 9.17) is 0 Å². The lowest BCUT2D eigenvalue weighted by molar-refractivity contribution is 0.0904. The number of rotatable bonds is 5. The zero-order valence-electron chi connectivity index (χ0n) is 17.9. The molecule has 0 aliphatic heterocycles. The fourth-order valence-corrected chi connectivity index (χ4v) is 5.69. The van der Waals surface area contributed by atoms with E-state index in [0.717, 1.165) is 36.8 Å². The normalized spacial score (nSPS) is 30.3. The maximum Gasteiger partial charge on any atom is 0.123 e. The van der Waals surface area contributed by atoms with Gasteiger partial charge in [0.15, 0.2) is 0 Å². The number of alkyl halides is 1. The summed E-state index contributed by atoms with van der Waals surface area (Å²) in [5, 5.41) is 8.82. The van der Waals surface area contributed by atoms with Gasteiger partial charge in [0.2, 0.25) is 0 Å². The van der Waals surface area contributed by atoms with Crippen molar-refractivity contribution in [3.63, 3.8) is 0 Å². The predicted octanol–water partition coefficient (Wildman–Crippen LogP) is 7.70. The first-order valence-electron chi connectivity index (χ1n) is 11.1. The highest BCUT2D eigenvalue weighted by Crippen LogP contribution is 2.68. The molecule has 1 atom stereocenters. The van der Waals surface area contributed by atoms with Gasteiger partial charge < -0.3 is 0 Å². The van der Waals surface area contributed by atoms with Crippen molar-refractivity contribution in [3.8, 4) is 6.07 Å². The van der Waals surface area contributed by atoms with Gasteiger partial charge in [0.25, 0.3) is 0 Å². The predicted molar refractivity (Wildman–Crippen MR) is 127 cm³/mol. The second kappa shape index (κ2) is 7.94. The molecule has 0 amide bonds. The highest BCUT2D eigenvalue weighted by Gasteiger charge is 2.62. The maximum absolute atomic E-state index is 14.6. The first-order valence-corrected chi connectivity index (χ1v) is 11.6. The number of nitrogens with zero attached hydrogens (tertiary/aromatic N) is 1. The van der Waals surface area contributed by atoms with Crippen LogP contribution in [-0.2, 0) is 0 Å². The van der Waals surface area contributed by atoms with Gasteiger partial charge in [0.05, 0.1) is 11.5 Å². The SMILES string of the molecule is C=C/C(=C\c1ccc(C2=CC=CCC2)cc1C)C1(C2(C#N)CC2)CCC(F)(P)CC1. The minimum Gasteiger partial charge on any atom is -0.240 e. The van der Waals surface area contributed by atoms with Gasteiger partial charge in [-0.15, -0.1) is 0 Å². The summed E-state index contributed by atoms with van der Waals surface area (Å²) < 4.78 is 14.6. The van der Waals surface area contributed by atoms with Crippen molar-refractivity contribution < 1.29 is 4.39 Å². The van der Waals surface area contributed by atoms with E-state index in [1.54, 1.807) is 0 Å². The Bertz CT molecular complexity index is 975. The van der Waals surface area contributed by atoms with Gasteiger partial charge in [-0.3, -0.25) is 0 Å². The Morgan fingerprint density at radius 3 is 2.47 bits per heavy atom. The number of hydrogen-bond donors (Lipinski definition) is 0. The molecule has 156 valence electrons. The molecule has 4 rings (SSSR count). The largest absolute Gasteiger partial charge is 0.240 e. The van der Waals surface area contributed by atoms with Crippen LogP contribution in [-0.4, -0.2) is 5.41 Å². The summed E-state index contributed by atoms with van der Waals surface area (Å²) in [7, 11) is 2.39. The van der Waals surface area contributed by atoms with Crippen molar-refractivity contribution in [2.45, 2.75) is 63.7 Å². The minimum atomic E-state index is -1.21. The van der Waals surface area contributed by atoms with Gasteiger partial charge in [-0.2, -0.15) is 5.26 Å². The van der Waals surface area contributed by atoms with Crippen molar-refractivity contribution in [2.75, 3.05) is 0 Å². The lowest BCUT2D eigenvalue weighted by atomic mass is 9.59. The fourth-order valence-electron chi connectivity index (χ4n) is 5.40. The maximum atomic E-state index is 14.6. The van der Waals surface area contributed by atoms with E-state index >= 15 is 0 Å². The highest BCUT2D eigenvalue weighted by atomic mass is 31.0. The Morgan fingerprint density at radius 1 is 1.20 bits per heavy atom. The molecule has 0 saturated heterocycles. The summed E-state index contributed by atoms with van der Waals surface area (Å²) >= 11 is 0. The van der Waals surface area contributed by atoms with Crippen molar-refractivity contribution in [1.82, 2.24) is 0 Å². The third kappa shape index (κ3) is 3.74. The summed E-state index contributed by atoms with van der Waals surface area (Å²) in [4.78, 5) is 0. The Morgan fingerprint density at radius 2 is 1.93 bits per heavy atom. The number of halogens is 1. The van der Waals surface area contributed by atoms with Crippen LogP contribution < -0.4 is 0 Å². The lowest BCUT2D eigenvalue weighted by Crippen LogP contribution is -2.40. The Kier molecular flexibility index (Phi) is 5.63. The molecule has 0 heterocycles. The van der Waals surface area contributed by atoms with Gasteiger partial charge in [0.1, 0.15) is 5.41 Å². The zero-order valence-corrected chi connectivity index (χ0v) is 19.0. The van der Waals surface area contributed by atoms with Gasteiger partial charge in [-0.05, 0) is 86.1 Å². The average Bonchev–Trinajstić information content (AvgIpc) is 3.56. The Labute approximate surface area is 182 Å². The second-order valence-corrected chi connectivity index (χ2v) is 10.4. The highest BCUT2D eigenvalue weighted by molar-refractivity contribution is 7.18. The van der Waals surface area contributed by atoms with E-state index in [1.165, 1.54) is 16.7 Å². The van der Waals surface area contributed by atoms with Gasteiger partial charge in [-0.25, -0.2) is 4.39 Å². The van der Waals surface area contributed by atoms with E-state index < -0.39 is 5.41 Å². The zero-order chi connectivity index (χ0) is 21.4. The molecule has 3 aliphatic carbocycles. The van der Waals surface area contributed by atoms with E-state index in [-0.39, 0.29) is 10.8 Å². The van der Waals surface area contributed by atoms with E-state index in [9.17, 15) is 9.65 Å². The summed E-state index contributed by atoms with van der Waals surface area (Å²) in [5.41, 5.74) is 5.50. The molecule has 3 heteroatoms. The van der Waals surface area contributed by atoms with Crippen molar-refractivity contribution in [1.29, 1.82) is 5.26 Å². The smallest absolute Gasteiger partial charge is 0.123 e. The molecule has 2 fully saturated rings. The molecule has 3 aliphatic rings. The molecule has 1 nitrogen and oxygen atoms in total. The Hall–Kier alpha value is -1.97. The third-order valence-electron chi connectivity index (χ3n) is 7.55. The molecular weight excluding hydrogens is 388 g/mol. The fraction of sp³-hybridized carbons (Fsp3) is 0.444. The quantitative estimate of drug-likeness (QED) is 0.354. The average molecular weight is 420 g/mol.